The predicted molar refractivity (Wildman–Crippen MR) is 105 cm³/mol. The summed E-state index contributed by atoms with van der Waals surface area (Å²) < 4.78 is 10.7. The fourth-order valence-corrected chi connectivity index (χ4v) is 3.25. The third-order valence-electron chi connectivity index (χ3n) is 4.76. The Labute approximate surface area is 160 Å². The topological polar surface area (TPSA) is 76.0 Å². The molecule has 0 aliphatic heterocycles. The van der Waals surface area contributed by atoms with Crippen LogP contribution in [0, 0.1) is 6.92 Å². The zero-order valence-electron chi connectivity index (χ0n) is 16.5. The molecule has 0 aliphatic rings. The van der Waals surface area contributed by atoms with E-state index in [4.69, 9.17) is 9.47 Å². The minimum atomic E-state index is -0.365. The number of benzene rings is 2. The van der Waals surface area contributed by atoms with E-state index in [9.17, 15) is 15.0 Å². The van der Waals surface area contributed by atoms with E-state index in [1.807, 2.05) is 19.1 Å². The lowest BCUT2D eigenvalue weighted by Crippen LogP contribution is -2.09. The quantitative estimate of drug-likeness (QED) is 0.489. The van der Waals surface area contributed by atoms with Gasteiger partial charge in [0.15, 0.2) is 11.5 Å². The molecule has 0 saturated heterocycles. The van der Waals surface area contributed by atoms with Crippen LogP contribution in [-0.2, 0) is 6.42 Å². The number of hydrogen-bond acceptors (Lipinski definition) is 5. The number of unbranched alkanes of at least 4 members (excludes halogenated alkanes) is 3. The highest BCUT2D eigenvalue weighted by molar-refractivity contribution is 6.14. The normalized spacial score (nSPS) is 10.7. The Morgan fingerprint density at radius 1 is 0.963 bits per heavy atom. The van der Waals surface area contributed by atoms with Crippen LogP contribution >= 0.6 is 0 Å². The summed E-state index contributed by atoms with van der Waals surface area (Å²) in [6.07, 6.45) is 4.38. The number of aromatic hydroxyl groups is 2. The standard InChI is InChI=1S/C22H28O5/c1-5-6-7-8-13-16-19(24)17(21(26-3)22(27-4)20(16)25)18(23)15-12-10-9-11-14(15)2/h9-12,24-25H,5-8,13H2,1-4H3. The van der Waals surface area contributed by atoms with E-state index in [1.54, 1.807) is 12.1 Å². The molecule has 0 bridgehead atoms. The van der Waals surface area contributed by atoms with E-state index in [0.29, 0.717) is 17.5 Å². The van der Waals surface area contributed by atoms with E-state index >= 15 is 0 Å². The number of methoxy groups -OCH3 is 2. The van der Waals surface area contributed by atoms with Gasteiger partial charge >= 0.3 is 0 Å². The van der Waals surface area contributed by atoms with Crippen LogP contribution in [0.5, 0.6) is 23.0 Å². The molecule has 0 unspecified atom stereocenters. The smallest absolute Gasteiger partial charge is 0.204 e. The number of ether oxygens (including phenoxy) is 2. The predicted octanol–water partition coefficient (Wildman–Crippen LogP) is 4.78. The zero-order valence-corrected chi connectivity index (χ0v) is 16.5. The van der Waals surface area contributed by atoms with Crippen molar-refractivity contribution in [2.24, 2.45) is 0 Å². The lowest BCUT2D eigenvalue weighted by Gasteiger charge is -2.19. The molecular weight excluding hydrogens is 344 g/mol. The van der Waals surface area contributed by atoms with Gasteiger partial charge in [0.1, 0.15) is 11.3 Å². The average molecular weight is 372 g/mol. The van der Waals surface area contributed by atoms with E-state index in [0.717, 1.165) is 31.2 Å². The highest BCUT2D eigenvalue weighted by Gasteiger charge is 2.30. The van der Waals surface area contributed by atoms with Gasteiger partial charge in [-0.1, -0.05) is 50.5 Å². The fourth-order valence-electron chi connectivity index (χ4n) is 3.25. The first-order chi connectivity index (χ1) is 13.0. The highest BCUT2D eigenvalue weighted by Crippen LogP contribution is 2.49. The molecule has 0 fully saturated rings. The van der Waals surface area contributed by atoms with E-state index in [-0.39, 0.29) is 34.3 Å². The minimum absolute atomic E-state index is 0.0203. The van der Waals surface area contributed by atoms with Gasteiger partial charge in [-0.05, 0) is 25.3 Å². The van der Waals surface area contributed by atoms with Crippen LogP contribution in [0.15, 0.2) is 24.3 Å². The van der Waals surface area contributed by atoms with Crippen molar-refractivity contribution in [3.63, 3.8) is 0 Å². The van der Waals surface area contributed by atoms with E-state index in [2.05, 4.69) is 6.92 Å². The Hall–Kier alpha value is -2.69. The van der Waals surface area contributed by atoms with E-state index < -0.39 is 0 Å². The summed E-state index contributed by atoms with van der Waals surface area (Å²) in [4.78, 5) is 13.2. The molecule has 5 heteroatoms. The second-order valence-corrected chi connectivity index (χ2v) is 6.57. The molecule has 2 N–H and O–H groups in total. The summed E-state index contributed by atoms with van der Waals surface area (Å²) in [6, 6.07) is 7.16. The van der Waals surface area contributed by atoms with Crippen molar-refractivity contribution in [3.05, 3.63) is 46.5 Å². The van der Waals surface area contributed by atoms with Crippen LogP contribution in [0.2, 0.25) is 0 Å². The number of phenolic OH excluding ortho intramolecular Hbond substituents is 2. The van der Waals surface area contributed by atoms with Crippen LogP contribution in [0.4, 0.5) is 0 Å². The van der Waals surface area contributed by atoms with Gasteiger partial charge in [-0.15, -0.1) is 0 Å². The Morgan fingerprint density at radius 2 is 1.63 bits per heavy atom. The number of aryl methyl sites for hydroxylation is 1. The second-order valence-electron chi connectivity index (χ2n) is 6.57. The van der Waals surface area contributed by atoms with Crippen molar-refractivity contribution in [1.29, 1.82) is 0 Å². The molecule has 0 aromatic heterocycles. The van der Waals surface area contributed by atoms with Gasteiger partial charge in [-0.2, -0.15) is 0 Å². The Bertz CT molecular complexity index is 811. The van der Waals surface area contributed by atoms with Crippen LogP contribution in [0.1, 0.15) is 59.7 Å². The maximum absolute atomic E-state index is 13.2. The van der Waals surface area contributed by atoms with Crippen LogP contribution in [0.3, 0.4) is 0 Å². The average Bonchev–Trinajstić information content (AvgIpc) is 2.66. The molecule has 146 valence electrons. The maximum atomic E-state index is 13.2. The van der Waals surface area contributed by atoms with Gasteiger partial charge in [0, 0.05) is 11.1 Å². The Morgan fingerprint density at radius 3 is 2.22 bits per heavy atom. The number of phenols is 2. The molecule has 0 atom stereocenters. The van der Waals surface area contributed by atoms with Gasteiger partial charge in [0.25, 0.3) is 0 Å². The first-order valence-corrected chi connectivity index (χ1v) is 9.26. The number of rotatable bonds is 9. The summed E-state index contributed by atoms with van der Waals surface area (Å²) in [5, 5.41) is 21.5. The van der Waals surface area contributed by atoms with Crippen LogP contribution in [0.25, 0.3) is 0 Å². The van der Waals surface area contributed by atoms with Crippen molar-refractivity contribution in [2.75, 3.05) is 14.2 Å². The number of ketones is 1. The van der Waals surface area contributed by atoms with Crippen LogP contribution < -0.4 is 9.47 Å². The summed E-state index contributed by atoms with van der Waals surface area (Å²) in [6.45, 7) is 3.95. The van der Waals surface area contributed by atoms with Crippen molar-refractivity contribution in [3.8, 4) is 23.0 Å². The lowest BCUT2D eigenvalue weighted by molar-refractivity contribution is 0.103. The molecule has 2 aromatic rings. The molecule has 2 aromatic carbocycles. The molecule has 0 amide bonds. The highest BCUT2D eigenvalue weighted by atomic mass is 16.5. The number of hydrogen-bond donors (Lipinski definition) is 2. The van der Waals surface area contributed by atoms with Crippen LogP contribution in [-0.4, -0.2) is 30.2 Å². The molecule has 5 nitrogen and oxygen atoms in total. The third kappa shape index (κ3) is 4.18. The van der Waals surface area contributed by atoms with Gasteiger partial charge in [-0.25, -0.2) is 0 Å². The second kappa shape index (κ2) is 9.31. The largest absolute Gasteiger partial charge is 0.507 e. The molecule has 0 spiro atoms. The molecule has 2 rings (SSSR count). The maximum Gasteiger partial charge on any atom is 0.204 e. The SMILES string of the molecule is CCCCCCc1c(O)c(OC)c(OC)c(C(=O)c2ccccc2C)c1O. The zero-order chi connectivity index (χ0) is 20.0. The van der Waals surface area contributed by atoms with E-state index in [1.165, 1.54) is 14.2 Å². The first-order valence-electron chi connectivity index (χ1n) is 9.26. The summed E-state index contributed by atoms with van der Waals surface area (Å²) >= 11 is 0. The summed E-state index contributed by atoms with van der Waals surface area (Å²) in [7, 11) is 2.78. The molecule has 27 heavy (non-hydrogen) atoms. The first kappa shape index (κ1) is 20.6. The lowest BCUT2D eigenvalue weighted by atomic mass is 9.93. The van der Waals surface area contributed by atoms with Crippen molar-refractivity contribution in [1.82, 2.24) is 0 Å². The molecule has 0 saturated carbocycles. The number of carbonyl (C=O) groups excluding carboxylic acids is 1. The Balaban J connectivity index is 2.61. The van der Waals surface area contributed by atoms with Gasteiger partial charge in [0.2, 0.25) is 11.5 Å². The van der Waals surface area contributed by atoms with Gasteiger partial charge in [-0.3, -0.25) is 4.79 Å². The Kier molecular flexibility index (Phi) is 7.11. The molecule has 0 aliphatic carbocycles. The summed E-state index contributed by atoms with van der Waals surface area (Å²) in [5.74, 6) is -0.675. The van der Waals surface area contributed by atoms with Crippen molar-refractivity contribution in [2.45, 2.75) is 46.0 Å². The van der Waals surface area contributed by atoms with Crippen molar-refractivity contribution >= 4 is 5.78 Å². The van der Waals surface area contributed by atoms with Gasteiger partial charge < -0.3 is 19.7 Å². The fraction of sp³-hybridized carbons (Fsp3) is 0.409. The monoisotopic (exact) mass is 372 g/mol. The third-order valence-corrected chi connectivity index (χ3v) is 4.76. The molecule has 0 radical (unpaired) electrons. The number of carbonyl (C=O) groups is 1. The van der Waals surface area contributed by atoms with Gasteiger partial charge in [0.05, 0.1) is 14.2 Å². The minimum Gasteiger partial charge on any atom is -0.507 e. The molecule has 0 heterocycles. The van der Waals surface area contributed by atoms with Crippen molar-refractivity contribution < 1.29 is 24.5 Å². The summed E-state index contributed by atoms with van der Waals surface area (Å²) in [5.41, 5.74) is 1.60. The molecular formula is C22H28O5.